The van der Waals surface area contributed by atoms with E-state index in [0.29, 0.717) is 5.92 Å². The first-order valence-corrected chi connectivity index (χ1v) is 12.9. The number of hydrogen-bond acceptors (Lipinski definition) is 5. The Hall–Kier alpha value is -2.05. The maximum Gasteiger partial charge on any atom is 0.168 e. The molecule has 0 amide bonds. The summed E-state index contributed by atoms with van der Waals surface area (Å²) in [5.74, 6) is 0.698. The first kappa shape index (κ1) is 25.1. The molecule has 2 aromatic rings. The van der Waals surface area contributed by atoms with Crippen molar-refractivity contribution in [1.29, 1.82) is 0 Å². The van der Waals surface area contributed by atoms with Gasteiger partial charge in [-0.05, 0) is 50.7 Å². The van der Waals surface area contributed by atoms with E-state index >= 15 is 0 Å². The topological polar surface area (TPSA) is 36.0 Å². The number of piperidine rings is 1. The number of rotatable bonds is 8. The second kappa shape index (κ2) is 11.6. The zero-order chi connectivity index (χ0) is 24.0. The molecule has 2 aliphatic heterocycles. The maximum absolute atomic E-state index is 12.1. The van der Waals surface area contributed by atoms with E-state index in [0.717, 1.165) is 69.5 Å². The van der Waals surface area contributed by atoms with E-state index in [1.807, 2.05) is 36.4 Å². The fraction of sp³-hybridized carbons (Fsp3) is 0.552. The van der Waals surface area contributed by atoms with Crippen LogP contribution < -0.4 is 0 Å². The molecule has 34 heavy (non-hydrogen) atoms. The van der Waals surface area contributed by atoms with E-state index < -0.39 is 6.23 Å². The molecule has 5 heteroatoms. The van der Waals surface area contributed by atoms with E-state index in [1.165, 1.54) is 6.54 Å². The molecule has 4 rings (SSSR count). The number of carbonyl (C=O) groups is 1. The predicted octanol–water partition coefficient (Wildman–Crippen LogP) is 4.45. The van der Waals surface area contributed by atoms with Crippen molar-refractivity contribution in [3.8, 4) is 0 Å². The molecular weight excluding hydrogens is 422 g/mol. The van der Waals surface area contributed by atoms with Crippen molar-refractivity contribution >= 4 is 6.29 Å². The fourth-order valence-corrected chi connectivity index (χ4v) is 5.31. The lowest BCUT2D eigenvalue weighted by atomic mass is 9.95. The second-order valence-corrected chi connectivity index (χ2v) is 10.8. The Bertz CT molecular complexity index is 828. The molecule has 2 fully saturated rings. The van der Waals surface area contributed by atoms with E-state index in [4.69, 9.17) is 4.74 Å². The van der Waals surface area contributed by atoms with Gasteiger partial charge >= 0.3 is 0 Å². The summed E-state index contributed by atoms with van der Waals surface area (Å²) in [5, 5.41) is 0. The molecule has 5 nitrogen and oxygen atoms in total. The van der Waals surface area contributed by atoms with Crippen LogP contribution in [0.4, 0.5) is 0 Å². The molecule has 2 aliphatic rings. The Morgan fingerprint density at radius 2 is 1.38 bits per heavy atom. The van der Waals surface area contributed by atoms with Gasteiger partial charge in [0, 0.05) is 51.4 Å². The number of hydrogen-bond donors (Lipinski definition) is 0. The van der Waals surface area contributed by atoms with Crippen LogP contribution in [0.1, 0.15) is 50.8 Å². The summed E-state index contributed by atoms with van der Waals surface area (Å²) in [6.45, 7) is 14.6. The van der Waals surface area contributed by atoms with Crippen molar-refractivity contribution in [2.75, 3.05) is 45.8 Å². The molecule has 0 aromatic heterocycles. The Kier molecular flexibility index (Phi) is 8.54. The quantitative estimate of drug-likeness (QED) is 0.541. The lowest BCUT2D eigenvalue weighted by Gasteiger charge is -2.44. The molecule has 0 aliphatic carbocycles. The molecule has 0 N–H and O–H groups in total. The third-order valence-electron chi connectivity index (χ3n) is 7.44. The third-order valence-corrected chi connectivity index (χ3v) is 7.44. The van der Waals surface area contributed by atoms with Crippen LogP contribution in [0.3, 0.4) is 0 Å². The largest absolute Gasteiger partial charge is 0.343 e. The van der Waals surface area contributed by atoms with Gasteiger partial charge in [-0.2, -0.15) is 0 Å². The van der Waals surface area contributed by atoms with Crippen molar-refractivity contribution in [1.82, 2.24) is 14.7 Å². The number of ether oxygens (including phenoxy) is 1. The van der Waals surface area contributed by atoms with Crippen molar-refractivity contribution < 1.29 is 9.53 Å². The van der Waals surface area contributed by atoms with Crippen LogP contribution in [0, 0.1) is 5.92 Å². The van der Waals surface area contributed by atoms with Crippen LogP contribution in [0.5, 0.6) is 0 Å². The third kappa shape index (κ3) is 6.54. The van der Waals surface area contributed by atoms with E-state index in [2.05, 4.69) is 59.7 Å². The summed E-state index contributed by atoms with van der Waals surface area (Å²) in [6, 6.07) is 20.4. The summed E-state index contributed by atoms with van der Waals surface area (Å²) < 4.78 is 6.48. The highest BCUT2D eigenvalue weighted by atomic mass is 16.5. The average Bonchev–Trinajstić information content (AvgIpc) is 2.86. The monoisotopic (exact) mass is 463 g/mol. The van der Waals surface area contributed by atoms with Crippen LogP contribution in [0.25, 0.3) is 0 Å². The Morgan fingerprint density at radius 1 is 0.853 bits per heavy atom. The van der Waals surface area contributed by atoms with Crippen molar-refractivity contribution in [3.63, 3.8) is 0 Å². The van der Waals surface area contributed by atoms with Crippen LogP contribution in [0.2, 0.25) is 0 Å². The molecule has 184 valence electrons. The summed E-state index contributed by atoms with van der Waals surface area (Å²) in [5.41, 5.74) is 2.41. The minimum absolute atomic E-state index is 0.255. The van der Waals surface area contributed by atoms with Crippen LogP contribution in [-0.4, -0.2) is 78.6 Å². The average molecular weight is 464 g/mol. The second-order valence-electron chi connectivity index (χ2n) is 10.8. The van der Waals surface area contributed by atoms with Gasteiger partial charge in [0.2, 0.25) is 0 Å². The molecule has 2 heterocycles. The molecule has 2 saturated heterocycles. The first-order valence-electron chi connectivity index (χ1n) is 12.9. The molecule has 1 atom stereocenters. The van der Waals surface area contributed by atoms with Gasteiger partial charge in [-0.25, -0.2) is 0 Å². The van der Waals surface area contributed by atoms with Crippen molar-refractivity contribution in [2.45, 2.75) is 51.5 Å². The number of benzene rings is 2. The van der Waals surface area contributed by atoms with Crippen LogP contribution >= 0.6 is 0 Å². The van der Waals surface area contributed by atoms with Gasteiger partial charge in [0.05, 0.1) is 0 Å². The Morgan fingerprint density at radius 3 is 1.85 bits per heavy atom. The Balaban J connectivity index is 1.32. The summed E-state index contributed by atoms with van der Waals surface area (Å²) >= 11 is 0. The maximum atomic E-state index is 12.1. The normalized spacial score (nSPS) is 20.5. The van der Waals surface area contributed by atoms with Gasteiger partial charge in [-0.1, -0.05) is 60.7 Å². The minimum atomic E-state index is -0.526. The van der Waals surface area contributed by atoms with Gasteiger partial charge in [0.25, 0.3) is 0 Å². The SMILES string of the molecule is CC(C)(C)N1CCN(CC2CCN(C(C=O)OC(c3ccccc3)c3ccccc3)CC2)CC1. The van der Waals surface area contributed by atoms with Gasteiger partial charge in [-0.3, -0.25) is 14.6 Å². The zero-order valence-electron chi connectivity index (χ0n) is 21.1. The molecule has 0 radical (unpaired) electrons. The zero-order valence-corrected chi connectivity index (χ0v) is 21.1. The minimum Gasteiger partial charge on any atom is -0.343 e. The van der Waals surface area contributed by atoms with Gasteiger partial charge in [0.1, 0.15) is 6.10 Å². The molecular formula is C29H41N3O2. The highest BCUT2D eigenvalue weighted by molar-refractivity contribution is 5.55. The number of piperazine rings is 1. The summed E-state index contributed by atoms with van der Waals surface area (Å²) in [7, 11) is 0. The van der Waals surface area contributed by atoms with Crippen LogP contribution in [0.15, 0.2) is 60.7 Å². The Labute approximate surface area is 205 Å². The smallest absolute Gasteiger partial charge is 0.168 e. The van der Waals surface area contributed by atoms with Crippen LogP contribution in [-0.2, 0) is 9.53 Å². The van der Waals surface area contributed by atoms with Crippen molar-refractivity contribution in [2.24, 2.45) is 5.92 Å². The lowest BCUT2D eigenvalue weighted by molar-refractivity contribution is -0.140. The molecule has 0 bridgehead atoms. The standard InChI is InChI=1S/C29H41N3O2/c1-29(2,3)32-20-18-30(19-21-32)22-24-14-16-31(17-15-24)27(23-33)34-28(25-10-6-4-7-11-25)26-12-8-5-9-13-26/h4-13,23-24,27-28H,14-22H2,1-3H3. The number of aldehydes is 1. The highest BCUT2D eigenvalue weighted by Gasteiger charge is 2.31. The highest BCUT2D eigenvalue weighted by Crippen LogP contribution is 2.29. The van der Waals surface area contributed by atoms with Gasteiger partial charge in [0.15, 0.2) is 12.5 Å². The summed E-state index contributed by atoms with van der Waals surface area (Å²) in [6.07, 6.45) is 2.43. The number of likely N-dealkylation sites (tertiary alicyclic amines) is 1. The first-order chi connectivity index (χ1) is 16.4. The number of nitrogens with zero attached hydrogens (tertiary/aromatic N) is 3. The molecule has 0 saturated carbocycles. The lowest BCUT2D eigenvalue weighted by Crippen LogP contribution is -2.54. The van der Waals surface area contributed by atoms with E-state index in [1.54, 1.807) is 0 Å². The molecule has 0 spiro atoms. The number of carbonyl (C=O) groups excluding carboxylic acids is 1. The van der Waals surface area contributed by atoms with E-state index in [-0.39, 0.29) is 11.6 Å². The van der Waals surface area contributed by atoms with Gasteiger partial charge in [-0.15, -0.1) is 0 Å². The molecule has 1 unspecified atom stereocenters. The van der Waals surface area contributed by atoms with Crippen molar-refractivity contribution in [3.05, 3.63) is 71.8 Å². The summed E-state index contributed by atoms with van der Waals surface area (Å²) in [4.78, 5) is 19.6. The predicted molar refractivity (Wildman–Crippen MR) is 138 cm³/mol. The fourth-order valence-electron chi connectivity index (χ4n) is 5.31. The van der Waals surface area contributed by atoms with Gasteiger partial charge < -0.3 is 9.64 Å². The van der Waals surface area contributed by atoms with E-state index in [9.17, 15) is 4.79 Å². The molecule has 2 aromatic carbocycles.